The molecule has 5 rings (SSSR count). The van der Waals surface area contributed by atoms with Gasteiger partial charge in [0.1, 0.15) is 11.6 Å². The first kappa shape index (κ1) is 18.7. The van der Waals surface area contributed by atoms with Crippen LogP contribution in [-0.4, -0.2) is 69.9 Å². The second-order valence-corrected chi connectivity index (χ2v) is 8.75. The Morgan fingerprint density at radius 1 is 1.17 bits per heavy atom. The summed E-state index contributed by atoms with van der Waals surface area (Å²) in [6, 6.07) is 5.39. The van der Waals surface area contributed by atoms with Crippen molar-refractivity contribution in [2.45, 2.75) is 56.5 Å². The molecule has 0 bridgehead atoms. The predicted octanol–water partition coefficient (Wildman–Crippen LogP) is -0.254. The normalized spacial score (nSPS) is 29.0. The van der Waals surface area contributed by atoms with Crippen LogP contribution in [0, 0.1) is 0 Å². The highest BCUT2D eigenvalue weighted by Gasteiger charge is 2.48. The van der Waals surface area contributed by atoms with Gasteiger partial charge in [-0.05, 0) is 36.9 Å². The highest BCUT2D eigenvalue weighted by atomic mass is 16.3. The van der Waals surface area contributed by atoms with Gasteiger partial charge in [0.15, 0.2) is 0 Å². The second kappa shape index (κ2) is 6.90. The summed E-state index contributed by atoms with van der Waals surface area (Å²) >= 11 is 0. The van der Waals surface area contributed by atoms with Crippen LogP contribution in [0.5, 0.6) is 0 Å². The molecule has 8 nitrogen and oxygen atoms in total. The van der Waals surface area contributed by atoms with E-state index in [0.29, 0.717) is 38.2 Å². The van der Waals surface area contributed by atoms with Crippen LogP contribution in [0.1, 0.15) is 47.2 Å². The van der Waals surface area contributed by atoms with E-state index < -0.39 is 11.6 Å². The second-order valence-electron chi connectivity index (χ2n) is 8.75. The first-order valence-electron chi connectivity index (χ1n) is 10.4. The van der Waals surface area contributed by atoms with E-state index in [2.05, 4.69) is 15.5 Å². The van der Waals surface area contributed by atoms with Gasteiger partial charge < -0.3 is 15.3 Å². The van der Waals surface area contributed by atoms with Crippen molar-refractivity contribution >= 4 is 17.7 Å². The monoisotopic (exact) mass is 398 g/mol. The number of rotatable bonds is 4. The van der Waals surface area contributed by atoms with Gasteiger partial charge in [0, 0.05) is 44.2 Å². The van der Waals surface area contributed by atoms with Gasteiger partial charge >= 0.3 is 0 Å². The van der Waals surface area contributed by atoms with Crippen molar-refractivity contribution in [2.75, 3.05) is 19.6 Å². The van der Waals surface area contributed by atoms with E-state index in [9.17, 15) is 19.5 Å². The number of nitrogens with one attached hydrogen (secondary N) is 2. The van der Waals surface area contributed by atoms with Crippen LogP contribution >= 0.6 is 0 Å². The first-order valence-corrected chi connectivity index (χ1v) is 10.4. The summed E-state index contributed by atoms with van der Waals surface area (Å²) in [6.45, 7) is 3.15. The molecule has 0 aliphatic carbocycles. The van der Waals surface area contributed by atoms with Crippen LogP contribution in [0.2, 0.25) is 0 Å². The van der Waals surface area contributed by atoms with Crippen molar-refractivity contribution < 1.29 is 19.5 Å². The molecule has 0 spiro atoms. The molecule has 154 valence electrons. The maximum absolute atomic E-state index is 13.2. The molecule has 4 heterocycles. The topological polar surface area (TPSA) is 102 Å². The number of fused-ring (bicyclic) bond motifs is 1. The van der Waals surface area contributed by atoms with Crippen molar-refractivity contribution in [3.05, 3.63) is 34.9 Å². The van der Waals surface area contributed by atoms with E-state index in [1.165, 1.54) is 0 Å². The number of amides is 3. The Morgan fingerprint density at radius 2 is 2.00 bits per heavy atom. The van der Waals surface area contributed by atoms with E-state index in [0.717, 1.165) is 30.5 Å². The van der Waals surface area contributed by atoms with Crippen LogP contribution in [0.15, 0.2) is 18.2 Å². The highest BCUT2D eigenvalue weighted by Crippen LogP contribution is 2.34. The van der Waals surface area contributed by atoms with Gasteiger partial charge in [-0.15, -0.1) is 0 Å². The van der Waals surface area contributed by atoms with Crippen LogP contribution in [0.4, 0.5) is 0 Å². The number of imide groups is 1. The predicted molar refractivity (Wildman–Crippen MR) is 104 cm³/mol. The summed E-state index contributed by atoms with van der Waals surface area (Å²) in [5, 5.41) is 16.5. The Kier molecular flexibility index (Phi) is 4.45. The lowest BCUT2D eigenvalue weighted by atomic mass is 9.84. The van der Waals surface area contributed by atoms with Crippen molar-refractivity contribution in [3.63, 3.8) is 0 Å². The molecule has 0 saturated carbocycles. The van der Waals surface area contributed by atoms with Crippen LogP contribution in [0.25, 0.3) is 0 Å². The van der Waals surface area contributed by atoms with Gasteiger partial charge in [-0.3, -0.25) is 24.6 Å². The van der Waals surface area contributed by atoms with Gasteiger partial charge in [0.25, 0.3) is 5.91 Å². The maximum atomic E-state index is 13.2. The fourth-order valence-electron chi connectivity index (χ4n) is 5.27. The number of nitrogens with zero attached hydrogens (tertiary/aromatic N) is 2. The summed E-state index contributed by atoms with van der Waals surface area (Å²) in [5.41, 5.74) is 1.85. The largest absolute Gasteiger partial charge is 0.386 e. The molecule has 3 N–H and O–H groups in total. The third kappa shape index (κ3) is 3.15. The molecule has 4 aliphatic rings. The number of likely N-dealkylation sites (tertiary alicyclic amines) is 1. The quantitative estimate of drug-likeness (QED) is 0.605. The Labute approximate surface area is 169 Å². The number of hydrogen-bond donors (Lipinski definition) is 3. The Bertz CT molecular complexity index is 873. The number of carbonyl (C=O) groups is 3. The van der Waals surface area contributed by atoms with Gasteiger partial charge in [-0.25, -0.2) is 0 Å². The van der Waals surface area contributed by atoms with Crippen molar-refractivity contribution in [1.29, 1.82) is 0 Å². The lowest BCUT2D eigenvalue weighted by Gasteiger charge is -2.50. The summed E-state index contributed by atoms with van der Waals surface area (Å²) < 4.78 is 0. The average Bonchev–Trinajstić information content (AvgIpc) is 3.30. The molecule has 29 heavy (non-hydrogen) atoms. The van der Waals surface area contributed by atoms with Crippen molar-refractivity contribution in [2.24, 2.45) is 0 Å². The van der Waals surface area contributed by atoms with Gasteiger partial charge in [-0.1, -0.05) is 18.2 Å². The molecule has 2 unspecified atom stereocenters. The molecule has 3 fully saturated rings. The average molecular weight is 398 g/mol. The van der Waals surface area contributed by atoms with E-state index in [1.54, 1.807) is 4.90 Å². The zero-order chi connectivity index (χ0) is 20.2. The van der Waals surface area contributed by atoms with Crippen LogP contribution in [0.3, 0.4) is 0 Å². The Hall–Kier alpha value is -2.29. The minimum atomic E-state index is -0.683. The smallest absolute Gasteiger partial charge is 0.255 e. The molecular formula is C21H26N4O4. The first-order chi connectivity index (χ1) is 13.9. The molecule has 1 aromatic carbocycles. The molecule has 8 heteroatoms. The molecule has 2 atom stereocenters. The molecule has 4 aliphatic heterocycles. The Balaban J connectivity index is 1.29. The molecular weight excluding hydrogens is 372 g/mol. The van der Waals surface area contributed by atoms with Gasteiger partial charge in [0.05, 0.1) is 0 Å². The number of β-amino-alcohol motifs (C(OH)–C–C–N with tert-alkyl or cyclic N) is 1. The molecule has 1 aromatic rings. The molecule has 3 amide bonds. The van der Waals surface area contributed by atoms with E-state index in [1.807, 2.05) is 18.2 Å². The number of aliphatic hydroxyl groups is 1. The third-order valence-corrected chi connectivity index (χ3v) is 6.74. The van der Waals surface area contributed by atoms with Gasteiger partial charge in [-0.2, -0.15) is 0 Å². The van der Waals surface area contributed by atoms with Crippen LogP contribution < -0.4 is 10.6 Å². The highest BCUT2D eigenvalue weighted by molar-refractivity contribution is 6.05. The van der Waals surface area contributed by atoms with Crippen molar-refractivity contribution in [1.82, 2.24) is 20.4 Å². The summed E-state index contributed by atoms with van der Waals surface area (Å²) in [5.74, 6) is -0.808. The summed E-state index contributed by atoms with van der Waals surface area (Å²) in [6.07, 6.45) is 2.73. The van der Waals surface area contributed by atoms with E-state index in [4.69, 9.17) is 0 Å². The molecule has 3 saturated heterocycles. The maximum Gasteiger partial charge on any atom is 0.255 e. The number of piperidine rings is 1. The minimum absolute atomic E-state index is 0.140. The number of benzene rings is 1. The zero-order valence-electron chi connectivity index (χ0n) is 16.3. The number of carbonyl (C=O) groups excluding carboxylic acids is 3. The SMILES string of the molecule is O=C1CCC(N2Cc3cccc(CN4CC(O)(C5CCCN5)C4)c3C2=O)C(=O)N1. The minimum Gasteiger partial charge on any atom is -0.386 e. The number of hydrogen-bond acceptors (Lipinski definition) is 6. The fourth-order valence-corrected chi connectivity index (χ4v) is 5.27. The Morgan fingerprint density at radius 3 is 2.72 bits per heavy atom. The van der Waals surface area contributed by atoms with Gasteiger partial charge in [0.2, 0.25) is 11.8 Å². The van der Waals surface area contributed by atoms with E-state index >= 15 is 0 Å². The lowest BCUT2D eigenvalue weighted by Crippen LogP contribution is -2.69. The molecule has 0 radical (unpaired) electrons. The zero-order valence-corrected chi connectivity index (χ0v) is 16.3. The van der Waals surface area contributed by atoms with Crippen molar-refractivity contribution in [3.8, 4) is 0 Å². The molecule has 0 aromatic heterocycles. The summed E-state index contributed by atoms with van der Waals surface area (Å²) in [4.78, 5) is 40.6. The van der Waals surface area contributed by atoms with E-state index in [-0.39, 0.29) is 30.2 Å². The third-order valence-electron chi connectivity index (χ3n) is 6.74. The lowest BCUT2D eigenvalue weighted by molar-refractivity contribution is -0.136. The summed E-state index contributed by atoms with van der Waals surface area (Å²) in [7, 11) is 0. The van der Waals surface area contributed by atoms with Crippen LogP contribution in [-0.2, 0) is 22.7 Å². The fraction of sp³-hybridized carbons (Fsp3) is 0.571. The standard InChI is InChI=1S/C21H26N4O4/c26-17-7-6-15(19(27)23-17)25-10-14-4-1-3-13(18(14)20(25)28)9-24-11-21(29,12-24)16-5-2-8-22-16/h1,3-4,15-16,22,29H,2,5-12H2,(H,23,26,27).